The van der Waals surface area contributed by atoms with Crippen LogP contribution >= 0.6 is 15.9 Å². The fraction of sp³-hybridized carbons (Fsp3) is 0.571. The van der Waals surface area contributed by atoms with E-state index in [1.165, 1.54) is 10.5 Å². The minimum atomic E-state index is -4.09. The second kappa shape index (κ2) is 6.91. The standard InChI is InChI=1S/C14H18BrF3N2/c15-12-3-1-11(2-4-12)9-19-13-5-7-20(8-6-13)10-14(16,17)18/h1-4,13,19H,5-10H2. The minimum Gasteiger partial charge on any atom is -0.310 e. The Kier molecular flexibility index (Phi) is 5.46. The average Bonchev–Trinajstić information content (AvgIpc) is 2.38. The zero-order chi connectivity index (χ0) is 14.6. The van der Waals surface area contributed by atoms with Gasteiger partial charge in [0, 0.05) is 17.1 Å². The van der Waals surface area contributed by atoms with Gasteiger partial charge in [0.1, 0.15) is 0 Å². The van der Waals surface area contributed by atoms with Crippen molar-refractivity contribution in [3.63, 3.8) is 0 Å². The quantitative estimate of drug-likeness (QED) is 0.892. The average molecular weight is 351 g/mol. The van der Waals surface area contributed by atoms with Gasteiger partial charge < -0.3 is 5.32 Å². The summed E-state index contributed by atoms with van der Waals surface area (Å²) < 4.78 is 37.9. The highest BCUT2D eigenvalue weighted by atomic mass is 79.9. The van der Waals surface area contributed by atoms with Crippen molar-refractivity contribution in [3.05, 3.63) is 34.3 Å². The summed E-state index contributed by atoms with van der Waals surface area (Å²) in [7, 11) is 0. The van der Waals surface area contributed by atoms with Crippen molar-refractivity contribution in [1.29, 1.82) is 0 Å². The Morgan fingerprint density at radius 2 is 1.75 bits per heavy atom. The molecule has 0 bridgehead atoms. The van der Waals surface area contributed by atoms with Crippen molar-refractivity contribution in [2.75, 3.05) is 19.6 Å². The molecule has 0 aliphatic carbocycles. The molecule has 1 aliphatic heterocycles. The number of hydrogen-bond acceptors (Lipinski definition) is 2. The van der Waals surface area contributed by atoms with E-state index in [4.69, 9.17) is 0 Å². The van der Waals surface area contributed by atoms with E-state index in [0.717, 1.165) is 23.9 Å². The third kappa shape index (κ3) is 5.42. The molecule has 0 amide bonds. The molecule has 1 aliphatic rings. The van der Waals surface area contributed by atoms with Gasteiger partial charge in [0.15, 0.2) is 0 Å². The summed E-state index contributed by atoms with van der Waals surface area (Å²) in [6.45, 7) is 0.999. The van der Waals surface area contributed by atoms with E-state index in [2.05, 4.69) is 21.2 Å². The molecule has 0 spiro atoms. The zero-order valence-corrected chi connectivity index (χ0v) is 12.7. The number of alkyl halides is 3. The van der Waals surface area contributed by atoms with E-state index in [-0.39, 0.29) is 0 Å². The predicted octanol–water partition coefficient (Wildman–Crippen LogP) is 3.57. The van der Waals surface area contributed by atoms with Gasteiger partial charge in [-0.3, -0.25) is 4.90 Å². The van der Waals surface area contributed by atoms with Crippen LogP contribution in [0.3, 0.4) is 0 Å². The highest BCUT2D eigenvalue weighted by molar-refractivity contribution is 9.10. The number of rotatable bonds is 4. The SMILES string of the molecule is FC(F)(F)CN1CCC(NCc2ccc(Br)cc2)CC1. The number of halogens is 4. The highest BCUT2D eigenvalue weighted by Crippen LogP contribution is 2.20. The normalized spacial score (nSPS) is 18.4. The van der Waals surface area contributed by atoms with E-state index in [1.54, 1.807) is 0 Å². The molecule has 1 heterocycles. The van der Waals surface area contributed by atoms with Crippen LogP contribution in [0.2, 0.25) is 0 Å². The van der Waals surface area contributed by atoms with Crippen molar-refractivity contribution in [1.82, 2.24) is 10.2 Å². The van der Waals surface area contributed by atoms with Gasteiger partial charge in [0.05, 0.1) is 6.54 Å². The molecule has 0 atom stereocenters. The van der Waals surface area contributed by atoms with Crippen molar-refractivity contribution in [2.24, 2.45) is 0 Å². The third-order valence-corrected chi connectivity index (χ3v) is 4.03. The van der Waals surface area contributed by atoms with E-state index in [0.29, 0.717) is 19.1 Å². The molecule has 20 heavy (non-hydrogen) atoms. The number of nitrogens with one attached hydrogen (secondary N) is 1. The van der Waals surface area contributed by atoms with Crippen LogP contribution in [0, 0.1) is 0 Å². The first-order valence-corrected chi connectivity index (χ1v) is 7.48. The Hall–Kier alpha value is -0.590. The first kappa shape index (κ1) is 15.8. The van der Waals surface area contributed by atoms with Gasteiger partial charge in [0.25, 0.3) is 0 Å². The molecule has 1 fully saturated rings. The molecule has 1 aromatic carbocycles. The van der Waals surface area contributed by atoms with Crippen LogP contribution in [0.15, 0.2) is 28.7 Å². The van der Waals surface area contributed by atoms with Gasteiger partial charge in [-0.15, -0.1) is 0 Å². The second-order valence-corrected chi connectivity index (χ2v) is 6.09. The number of benzene rings is 1. The molecule has 2 nitrogen and oxygen atoms in total. The molecular formula is C14H18BrF3N2. The van der Waals surface area contributed by atoms with Crippen LogP contribution in [-0.4, -0.2) is 36.8 Å². The predicted molar refractivity (Wildman–Crippen MR) is 76.5 cm³/mol. The van der Waals surface area contributed by atoms with E-state index < -0.39 is 12.7 Å². The van der Waals surface area contributed by atoms with Crippen molar-refractivity contribution < 1.29 is 13.2 Å². The Labute approximate surface area is 125 Å². The number of hydrogen-bond donors (Lipinski definition) is 1. The van der Waals surface area contributed by atoms with Crippen LogP contribution in [0.5, 0.6) is 0 Å². The Balaban J connectivity index is 1.70. The van der Waals surface area contributed by atoms with Crippen LogP contribution in [0.1, 0.15) is 18.4 Å². The fourth-order valence-electron chi connectivity index (χ4n) is 2.41. The lowest BCUT2D eigenvalue weighted by molar-refractivity contribution is -0.148. The van der Waals surface area contributed by atoms with E-state index in [1.807, 2.05) is 24.3 Å². The van der Waals surface area contributed by atoms with Crippen LogP contribution in [-0.2, 0) is 6.54 Å². The van der Waals surface area contributed by atoms with E-state index in [9.17, 15) is 13.2 Å². The van der Waals surface area contributed by atoms with E-state index >= 15 is 0 Å². The van der Waals surface area contributed by atoms with Crippen molar-refractivity contribution in [2.45, 2.75) is 31.6 Å². The Morgan fingerprint density at radius 1 is 1.15 bits per heavy atom. The van der Waals surface area contributed by atoms with Gasteiger partial charge in [-0.2, -0.15) is 13.2 Å². The second-order valence-electron chi connectivity index (χ2n) is 5.17. The van der Waals surface area contributed by atoms with Gasteiger partial charge in [-0.1, -0.05) is 28.1 Å². The summed E-state index contributed by atoms with van der Waals surface area (Å²) in [6.07, 6.45) is -2.54. The largest absolute Gasteiger partial charge is 0.401 e. The van der Waals surface area contributed by atoms with Gasteiger partial charge in [-0.05, 0) is 43.6 Å². The monoisotopic (exact) mass is 350 g/mol. The molecule has 0 unspecified atom stereocenters. The maximum absolute atomic E-state index is 12.3. The maximum atomic E-state index is 12.3. The zero-order valence-electron chi connectivity index (χ0n) is 11.1. The molecule has 0 aromatic heterocycles. The van der Waals surface area contributed by atoms with Gasteiger partial charge in [-0.25, -0.2) is 0 Å². The topological polar surface area (TPSA) is 15.3 Å². The minimum absolute atomic E-state index is 0.308. The molecule has 0 radical (unpaired) electrons. The molecule has 6 heteroatoms. The lowest BCUT2D eigenvalue weighted by atomic mass is 10.0. The molecule has 112 valence electrons. The summed E-state index contributed by atoms with van der Waals surface area (Å²) in [5.41, 5.74) is 1.19. The molecule has 1 N–H and O–H groups in total. The molecule has 1 aromatic rings. The summed E-state index contributed by atoms with van der Waals surface area (Å²) in [5, 5.41) is 3.42. The smallest absolute Gasteiger partial charge is 0.310 e. The number of nitrogens with zero attached hydrogens (tertiary/aromatic N) is 1. The van der Waals surface area contributed by atoms with Crippen LogP contribution in [0.4, 0.5) is 13.2 Å². The first-order valence-electron chi connectivity index (χ1n) is 6.69. The molecule has 1 saturated heterocycles. The molecular weight excluding hydrogens is 333 g/mol. The molecule has 0 saturated carbocycles. The summed E-state index contributed by atoms with van der Waals surface area (Å²) >= 11 is 3.39. The lowest BCUT2D eigenvalue weighted by Crippen LogP contribution is -2.45. The summed E-state index contributed by atoms with van der Waals surface area (Å²) in [4.78, 5) is 1.48. The first-order chi connectivity index (χ1) is 9.42. The Morgan fingerprint density at radius 3 is 2.30 bits per heavy atom. The lowest BCUT2D eigenvalue weighted by Gasteiger charge is -2.32. The van der Waals surface area contributed by atoms with Gasteiger partial charge in [0.2, 0.25) is 0 Å². The van der Waals surface area contributed by atoms with Crippen LogP contribution in [0.25, 0.3) is 0 Å². The Bertz CT molecular complexity index is 411. The third-order valence-electron chi connectivity index (χ3n) is 3.50. The number of piperidine rings is 1. The van der Waals surface area contributed by atoms with Crippen molar-refractivity contribution in [3.8, 4) is 0 Å². The number of likely N-dealkylation sites (tertiary alicyclic amines) is 1. The summed E-state index contributed by atoms with van der Waals surface area (Å²) in [5.74, 6) is 0. The highest BCUT2D eigenvalue weighted by Gasteiger charge is 2.32. The van der Waals surface area contributed by atoms with Crippen LogP contribution < -0.4 is 5.32 Å². The fourth-order valence-corrected chi connectivity index (χ4v) is 2.68. The molecule has 2 rings (SSSR count). The maximum Gasteiger partial charge on any atom is 0.401 e. The van der Waals surface area contributed by atoms with Crippen molar-refractivity contribution >= 4 is 15.9 Å². The van der Waals surface area contributed by atoms with Gasteiger partial charge >= 0.3 is 6.18 Å². The summed E-state index contributed by atoms with van der Waals surface area (Å²) in [6, 6.07) is 8.36.